The van der Waals surface area contributed by atoms with E-state index >= 15 is 0 Å². The fraction of sp³-hybridized carbons (Fsp3) is 0.280. The highest BCUT2D eigenvalue weighted by Crippen LogP contribution is 2.32. The highest BCUT2D eigenvalue weighted by molar-refractivity contribution is 6.29. The molecule has 73 heavy (non-hydrogen) atoms. The molecule has 3 N–H and O–H groups in total. The summed E-state index contributed by atoms with van der Waals surface area (Å²) in [5.74, 6) is -0.885. The van der Waals surface area contributed by atoms with E-state index in [4.69, 9.17) is 17.3 Å². The molecule has 22 nitrogen and oxygen atoms in total. The van der Waals surface area contributed by atoms with E-state index in [9.17, 15) is 54.8 Å². The number of amides is 1. The van der Waals surface area contributed by atoms with Crippen LogP contribution in [0, 0.1) is 40.5 Å². The number of aromatic nitrogens is 3. The van der Waals surface area contributed by atoms with E-state index in [1.165, 1.54) is 38.5 Å². The van der Waals surface area contributed by atoms with Gasteiger partial charge in [0.1, 0.15) is 22.2 Å². The van der Waals surface area contributed by atoms with Gasteiger partial charge in [-0.15, -0.1) is 0 Å². The van der Waals surface area contributed by atoms with Crippen LogP contribution in [0.5, 0.6) is 0 Å². The maximum absolute atomic E-state index is 11.3. The Bertz CT molecular complexity index is 2780. The number of anilines is 1. The lowest BCUT2D eigenvalue weighted by Crippen LogP contribution is -2.19. The number of hydrogen-bond donors (Lipinski definition) is 2. The van der Waals surface area contributed by atoms with Crippen molar-refractivity contribution in [3.05, 3.63) is 184 Å². The van der Waals surface area contributed by atoms with Crippen LogP contribution in [0.2, 0.25) is 5.15 Å². The van der Waals surface area contributed by atoms with Crippen LogP contribution in [0.1, 0.15) is 84.3 Å². The molecule has 0 radical (unpaired) electrons. The number of benzene rings is 3. The Morgan fingerprint density at radius 1 is 0.671 bits per heavy atom. The first-order chi connectivity index (χ1) is 33.5. The first-order valence-corrected chi connectivity index (χ1v) is 21.5. The van der Waals surface area contributed by atoms with Crippen molar-refractivity contribution in [3.63, 3.8) is 0 Å². The van der Waals surface area contributed by atoms with Crippen molar-refractivity contribution in [2.24, 2.45) is 0 Å². The molecule has 1 saturated heterocycles. The number of pyridine rings is 3. The van der Waals surface area contributed by atoms with Gasteiger partial charge in [0.2, 0.25) is 12.5 Å². The van der Waals surface area contributed by atoms with Gasteiger partial charge in [0.05, 0.1) is 60.0 Å². The number of rotatable bonds is 15. The van der Waals surface area contributed by atoms with E-state index in [1.807, 2.05) is 48.5 Å². The molecule has 1 fully saturated rings. The van der Waals surface area contributed by atoms with Crippen LogP contribution in [-0.2, 0) is 23.9 Å². The Labute approximate surface area is 426 Å². The molecule has 7 rings (SSSR count). The zero-order valence-corrected chi connectivity index (χ0v) is 38.4. The number of nitrogens with two attached hydrogens (primary N) is 1. The summed E-state index contributed by atoms with van der Waals surface area (Å²) in [6.45, 7) is -0.172. The number of esters is 2. The van der Waals surface area contributed by atoms with Crippen molar-refractivity contribution < 1.29 is 43.6 Å². The summed E-state index contributed by atoms with van der Waals surface area (Å²) < 4.78 is 8.76. The van der Waals surface area contributed by atoms with Crippen LogP contribution in [0.15, 0.2) is 127 Å². The molecule has 0 bridgehead atoms. The molecular formula is C50H58ClN9O13. The van der Waals surface area contributed by atoms with Gasteiger partial charge in [-0.3, -0.25) is 54.8 Å². The van der Waals surface area contributed by atoms with Crippen molar-refractivity contribution in [1.29, 1.82) is 0 Å². The van der Waals surface area contributed by atoms with Gasteiger partial charge >= 0.3 is 11.9 Å². The number of nitrogens with one attached hydrogen (secondary N) is 1. The summed E-state index contributed by atoms with van der Waals surface area (Å²) >= 11 is 5.74. The van der Waals surface area contributed by atoms with Gasteiger partial charge in [0.15, 0.2) is 0 Å². The topological polar surface area (TPSA) is 319 Å². The second kappa shape index (κ2) is 31.4. The Morgan fingerprint density at radius 2 is 1.15 bits per heavy atom. The maximum Gasteiger partial charge on any atom is 0.305 e. The lowest BCUT2D eigenvalue weighted by atomic mass is 10.0. The van der Waals surface area contributed by atoms with Crippen molar-refractivity contribution >= 4 is 46.5 Å². The van der Waals surface area contributed by atoms with Crippen LogP contribution in [0.3, 0.4) is 0 Å². The minimum atomic E-state index is -1.26. The fourth-order valence-corrected chi connectivity index (χ4v) is 6.65. The highest BCUT2D eigenvalue weighted by Gasteiger charge is 2.29. The normalized spacial score (nSPS) is 12.2. The van der Waals surface area contributed by atoms with Gasteiger partial charge in [-0.25, -0.2) is 15.0 Å². The third-order valence-corrected chi connectivity index (χ3v) is 10.2. The SMILES string of the molecule is C.C.C.COC(=O)CCC(c1ccc([N+](=O)[O-])c(-c2ccccc2)n1)[N+](=O)[O-].COC(=O)CCC[N+](=O)[O-].Nc1ccc(C2CCC(=O)N2)nc1-c1ccccc1.O=[N+]([O-])c1ccc(Cl)nc1-c1ccccc1. The Balaban J connectivity index is 0.000000501. The molecule has 23 heteroatoms. The maximum atomic E-state index is 11.3. The average Bonchev–Trinajstić information content (AvgIpc) is 3.80. The summed E-state index contributed by atoms with van der Waals surface area (Å²) in [5, 5.41) is 46.3. The van der Waals surface area contributed by atoms with Crippen LogP contribution in [0.4, 0.5) is 17.1 Å². The Kier molecular flexibility index (Phi) is 26.8. The average molecular weight is 1030 g/mol. The molecular weight excluding hydrogens is 970 g/mol. The van der Waals surface area contributed by atoms with Crippen LogP contribution < -0.4 is 11.1 Å². The number of halogens is 1. The minimum absolute atomic E-state index is 0. The third kappa shape index (κ3) is 19.5. The number of nitrogen functional groups attached to an aromatic ring is 1. The van der Waals surface area contributed by atoms with Gasteiger partial charge in [-0.1, -0.05) is 125 Å². The van der Waals surface area contributed by atoms with Gasteiger partial charge in [-0.05, 0) is 30.7 Å². The van der Waals surface area contributed by atoms with Gasteiger partial charge in [0, 0.05) is 57.9 Å². The molecule has 2 atom stereocenters. The first kappa shape index (κ1) is 62.2. The standard InChI is InChI=1S/C16H15N3O6.C15H15N3O.C11H7ClN2O2.C5H9NO4.3CH4/c1-25-15(20)10-9-13(18(21)22)12-7-8-14(19(23)24)16(17-12)11-5-3-2-4-6-11;16-11-6-7-13(12-8-9-14(19)17-12)18-15(11)10-4-2-1-3-5-10;12-10-7-6-9(14(15)16)11(13-10)8-4-2-1-3-5-8;1-10-5(7)3-2-4-6(8)9;;;/h2-8,13H,9-10H2,1H3;1-7,12H,8-9,16H2,(H,17,19);1-7H;2-4H2,1H3;3*1H4. The molecule has 4 heterocycles. The molecule has 6 aromatic rings. The first-order valence-electron chi connectivity index (χ1n) is 21.1. The van der Waals surface area contributed by atoms with E-state index in [0.717, 1.165) is 23.4 Å². The van der Waals surface area contributed by atoms with Crippen LogP contribution >= 0.6 is 11.6 Å². The number of carbonyl (C=O) groups is 3. The number of nitrogens with zero attached hydrogens (tertiary/aromatic N) is 7. The van der Waals surface area contributed by atoms with Gasteiger partial charge < -0.3 is 20.5 Å². The number of ether oxygens (including phenoxy) is 2. The zero-order chi connectivity index (χ0) is 51.2. The minimum Gasteiger partial charge on any atom is -0.469 e. The summed E-state index contributed by atoms with van der Waals surface area (Å²) in [4.78, 5) is 86.7. The summed E-state index contributed by atoms with van der Waals surface area (Å²) in [5.41, 5.74) is 10.5. The van der Waals surface area contributed by atoms with Gasteiger partial charge in [-0.2, -0.15) is 0 Å². The molecule has 0 spiro atoms. The lowest BCUT2D eigenvalue weighted by molar-refractivity contribution is -0.530. The monoisotopic (exact) mass is 1030 g/mol. The third-order valence-electron chi connectivity index (χ3n) is 9.97. The summed E-state index contributed by atoms with van der Waals surface area (Å²) in [6, 6.07) is 34.9. The molecule has 388 valence electrons. The molecule has 1 aliphatic rings. The van der Waals surface area contributed by atoms with Crippen molar-refractivity contribution in [2.75, 3.05) is 26.5 Å². The largest absolute Gasteiger partial charge is 0.469 e. The fourth-order valence-electron chi connectivity index (χ4n) is 6.51. The highest BCUT2D eigenvalue weighted by atomic mass is 35.5. The van der Waals surface area contributed by atoms with Gasteiger partial charge in [0.25, 0.3) is 17.4 Å². The second-order valence-electron chi connectivity index (χ2n) is 14.7. The molecule has 3 aromatic heterocycles. The zero-order valence-electron chi connectivity index (χ0n) is 37.6. The van der Waals surface area contributed by atoms with E-state index in [1.54, 1.807) is 54.6 Å². The number of nitro groups is 4. The Hall–Kier alpha value is -8.79. The van der Waals surface area contributed by atoms with Crippen molar-refractivity contribution in [2.45, 2.75) is 72.9 Å². The quantitative estimate of drug-likeness (QED) is 0.0418. The van der Waals surface area contributed by atoms with E-state index < -0.39 is 37.7 Å². The molecule has 0 saturated carbocycles. The molecule has 0 aliphatic carbocycles. The van der Waals surface area contributed by atoms with Crippen molar-refractivity contribution in [3.8, 4) is 33.8 Å². The Morgan fingerprint density at radius 3 is 1.60 bits per heavy atom. The van der Waals surface area contributed by atoms with E-state index in [0.29, 0.717) is 23.2 Å². The smallest absolute Gasteiger partial charge is 0.305 e. The van der Waals surface area contributed by atoms with E-state index in [-0.39, 0.29) is 100 Å². The summed E-state index contributed by atoms with van der Waals surface area (Å²) in [6.07, 6.45) is 1.47. The molecule has 3 aromatic carbocycles. The van der Waals surface area contributed by atoms with Crippen molar-refractivity contribution in [1.82, 2.24) is 20.3 Å². The number of carbonyl (C=O) groups excluding carboxylic acids is 3. The molecule has 1 aliphatic heterocycles. The molecule has 2 unspecified atom stereocenters. The number of hydrogen-bond acceptors (Lipinski definition) is 17. The lowest BCUT2D eigenvalue weighted by Gasteiger charge is -2.12. The number of methoxy groups -OCH3 is 2. The van der Waals surface area contributed by atoms with Crippen LogP contribution in [0.25, 0.3) is 33.8 Å². The molecule has 1 amide bonds. The second-order valence-corrected chi connectivity index (χ2v) is 15.1. The predicted octanol–water partition coefficient (Wildman–Crippen LogP) is 10.6. The van der Waals surface area contributed by atoms with Crippen LogP contribution in [-0.4, -0.2) is 73.3 Å². The summed E-state index contributed by atoms with van der Waals surface area (Å²) in [7, 11) is 2.45. The van der Waals surface area contributed by atoms with E-state index in [2.05, 4.69) is 29.7 Å². The predicted molar refractivity (Wildman–Crippen MR) is 276 cm³/mol.